The fourth-order valence-electron chi connectivity index (χ4n) is 6.32. The van der Waals surface area contributed by atoms with Crippen molar-refractivity contribution in [2.24, 2.45) is 17.3 Å². The Morgan fingerprint density at radius 3 is 2.85 bits per heavy atom. The van der Waals surface area contributed by atoms with Gasteiger partial charge in [-0.2, -0.15) is 0 Å². The zero-order valence-electron chi connectivity index (χ0n) is 15.4. The van der Waals surface area contributed by atoms with Gasteiger partial charge in [-0.25, -0.2) is 0 Å². The van der Waals surface area contributed by atoms with E-state index in [1.54, 1.807) is 6.07 Å². The Hall–Kier alpha value is -1.99. The van der Waals surface area contributed by atoms with Crippen LogP contribution in [-0.2, 0) is 16.0 Å². The second-order valence-electron chi connectivity index (χ2n) is 8.51. The van der Waals surface area contributed by atoms with Gasteiger partial charge in [0, 0.05) is 18.3 Å². The highest BCUT2D eigenvalue weighted by Gasteiger charge is 2.65. The van der Waals surface area contributed by atoms with Gasteiger partial charge in [0.15, 0.2) is 5.60 Å². The molecule has 1 aromatic rings. The van der Waals surface area contributed by atoms with Gasteiger partial charge in [0.05, 0.1) is 6.10 Å². The molecule has 6 atom stereocenters. The fraction of sp³-hybridized carbons (Fsp3) is 0.591. The van der Waals surface area contributed by atoms with E-state index in [4.69, 9.17) is 11.2 Å². The maximum atomic E-state index is 11.7. The van der Waals surface area contributed by atoms with Crippen LogP contribution < -0.4 is 0 Å². The minimum atomic E-state index is -0.926. The molecule has 0 saturated heterocycles. The zero-order valence-corrected chi connectivity index (χ0v) is 15.4. The molecule has 3 aliphatic carbocycles. The molecule has 0 unspecified atom stereocenters. The van der Waals surface area contributed by atoms with Gasteiger partial charge < -0.3 is 14.9 Å². The first kappa shape index (κ1) is 17.4. The molecule has 0 aliphatic heterocycles. The Labute approximate surface area is 154 Å². The lowest BCUT2D eigenvalue weighted by Gasteiger charge is -2.54. The van der Waals surface area contributed by atoms with Crippen LogP contribution in [-0.4, -0.2) is 27.9 Å². The average Bonchev–Trinajstić information content (AvgIpc) is 2.86. The number of carbonyl (C=O) groups excluding carboxylic acids is 1. The molecule has 26 heavy (non-hydrogen) atoms. The van der Waals surface area contributed by atoms with Crippen LogP contribution in [0.25, 0.3) is 0 Å². The number of aliphatic hydroxyl groups excluding tert-OH is 1. The summed E-state index contributed by atoms with van der Waals surface area (Å²) in [4.78, 5) is 11.7. The number of aliphatic hydroxyl groups is 1. The number of hydrogen-bond donors (Lipinski definition) is 2. The normalized spacial score (nSPS) is 40.7. The molecule has 0 heterocycles. The van der Waals surface area contributed by atoms with Crippen LogP contribution in [0.5, 0.6) is 5.75 Å². The standard InChI is InChI=1S/C22H26O4/c1-4-22(26-13(2)23)10-9-18-17-7-5-14-11-15(24)6-8-16(14)20(17)19(25)12-21(18,22)3/h1,6,8,11,17-20,24-25H,5,7,9-10,12H2,2-3H3/t17-,18-,19-,20-,21-,22-/m0/s1. The van der Waals surface area contributed by atoms with Crippen molar-refractivity contribution in [3.63, 3.8) is 0 Å². The molecule has 0 spiro atoms. The van der Waals surface area contributed by atoms with Gasteiger partial charge in [-0.05, 0) is 67.2 Å². The Balaban J connectivity index is 1.75. The van der Waals surface area contributed by atoms with Crippen molar-refractivity contribution in [2.75, 3.05) is 0 Å². The van der Waals surface area contributed by atoms with Crippen LogP contribution >= 0.6 is 0 Å². The number of phenolic OH excluding ortho intramolecular Hbond substituents is 1. The van der Waals surface area contributed by atoms with E-state index in [9.17, 15) is 15.0 Å². The SMILES string of the molecule is C#C[C@]1(OC(C)=O)CC[C@H]2[C@@H]3CCc4cc(O)ccc4[C@@H]3[C@@H](O)C[C@@]21C. The van der Waals surface area contributed by atoms with Gasteiger partial charge >= 0.3 is 5.97 Å². The van der Waals surface area contributed by atoms with E-state index in [2.05, 4.69) is 12.8 Å². The highest BCUT2D eigenvalue weighted by molar-refractivity contribution is 5.67. The number of carbonyl (C=O) groups is 1. The maximum Gasteiger partial charge on any atom is 0.304 e. The van der Waals surface area contributed by atoms with Gasteiger partial charge in [0.2, 0.25) is 0 Å². The number of esters is 1. The number of rotatable bonds is 1. The van der Waals surface area contributed by atoms with Crippen LogP contribution in [0.1, 0.15) is 56.6 Å². The third kappa shape index (κ3) is 2.23. The second kappa shape index (κ2) is 5.76. The minimum absolute atomic E-state index is 0.0586. The van der Waals surface area contributed by atoms with Crippen molar-refractivity contribution < 1.29 is 19.7 Å². The van der Waals surface area contributed by atoms with Crippen molar-refractivity contribution in [3.05, 3.63) is 29.3 Å². The van der Waals surface area contributed by atoms with Gasteiger partial charge in [-0.15, -0.1) is 6.42 Å². The van der Waals surface area contributed by atoms with E-state index in [1.807, 2.05) is 12.1 Å². The largest absolute Gasteiger partial charge is 0.508 e. The Kier molecular flexibility index (Phi) is 3.86. The Bertz CT molecular complexity index is 794. The van der Waals surface area contributed by atoms with E-state index in [1.165, 1.54) is 6.92 Å². The molecule has 4 heteroatoms. The van der Waals surface area contributed by atoms with Gasteiger partial charge in [-0.3, -0.25) is 4.79 Å². The molecule has 0 amide bonds. The number of benzene rings is 1. The first-order valence-corrected chi connectivity index (χ1v) is 9.48. The first-order valence-electron chi connectivity index (χ1n) is 9.48. The Morgan fingerprint density at radius 1 is 1.38 bits per heavy atom. The molecule has 138 valence electrons. The van der Waals surface area contributed by atoms with E-state index in [0.717, 1.165) is 30.4 Å². The van der Waals surface area contributed by atoms with E-state index in [0.29, 0.717) is 24.7 Å². The Morgan fingerprint density at radius 2 is 2.15 bits per heavy atom. The van der Waals surface area contributed by atoms with Crippen molar-refractivity contribution in [1.82, 2.24) is 0 Å². The third-order valence-corrected chi connectivity index (χ3v) is 7.36. The molecule has 2 saturated carbocycles. The predicted octanol–water partition coefficient (Wildman–Crippen LogP) is 3.15. The summed E-state index contributed by atoms with van der Waals surface area (Å²) >= 11 is 0. The summed E-state index contributed by atoms with van der Waals surface area (Å²) in [7, 11) is 0. The van der Waals surface area contributed by atoms with Crippen LogP contribution in [0.3, 0.4) is 0 Å². The molecule has 0 bridgehead atoms. The van der Waals surface area contributed by atoms with Crippen LogP contribution in [0.2, 0.25) is 0 Å². The maximum absolute atomic E-state index is 11.7. The molecular weight excluding hydrogens is 328 g/mol. The summed E-state index contributed by atoms with van der Waals surface area (Å²) < 4.78 is 5.71. The number of aromatic hydroxyl groups is 1. The summed E-state index contributed by atoms with van der Waals surface area (Å²) in [5.74, 6) is 3.41. The van der Waals surface area contributed by atoms with Crippen LogP contribution in [0, 0.1) is 29.6 Å². The van der Waals surface area contributed by atoms with Gasteiger partial charge in [0.1, 0.15) is 5.75 Å². The lowest BCUT2D eigenvalue weighted by Crippen LogP contribution is -2.55. The molecule has 4 nitrogen and oxygen atoms in total. The smallest absolute Gasteiger partial charge is 0.304 e. The second-order valence-corrected chi connectivity index (χ2v) is 8.51. The number of hydrogen-bond acceptors (Lipinski definition) is 4. The summed E-state index contributed by atoms with van der Waals surface area (Å²) in [5, 5.41) is 20.9. The lowest BCUT2D eigenvalue weighted by molar-refractivity contribution is -0.171. The molecular formula is C22H26O4. The van der Waals surface area contributed by atoms with Crippen molar-refractivity contribution in [1.29, 1.82) is 0 Å². The summed E-state index contributed by atoms with van der Waals surface area (Å²) in [6, 6.07) is 5.50. The van der Waals surface area contributed by atoms with E-state index in [-0.39, 0.29) is 17.6 Å². The molecule has 4 rings (SSSR count). The zero-order chi connectivity index (χ0) is 18.7. The highest BCUT2D eigenvalue weighted by atomic mass is 16.6. The van der Waals surface area contributed by atoms with Gasteiger partial charge in [0.25, 0.3) is 0 Å². The summed E-state index contributed by atoms with van der Waals surface area (Å²) in [6.45, 7) is 3.50. The molecule has 0 aromatic heterocycles. The quantitative estimate of drug-likeness (QED) is 0.601. The molecule has 1 aromatic carbocycles. The summed E-state index contributed by atoms with van der Waals surface area (Å²) in [5.41, 5.74) is 0.946. The topological polar surface area (TPSA) is 66.8 Å². The molecule has 0 radical (unpaired) electrons. The minimum Gasteiger partial charge on any atom is -0.508 e. The average molecular weight is 354 g/mol. The number of terminal acetylenes is 1. The van der Waals surface area contributed by atoms with Crippen molar-refractivity contribution in [3.8, 4) is 18.1 Å². The van der Waals surface area contributed by atoms with E-state index < -0.39 is 17.1 Å². The van der Waals surface area contributed by atoms with Crippen LogP contribution in [0.15, 0.2) is 18.2 Å². The third-order valence-electron chi connectivity index (χ3n) is 7.36. The number of aryl methyl sites for hydroxylation is 1. The number of phenols is 1. The van der Waals surface area contributed by atoms with Crippen LogP contribution in [0.4, 0.5) is 0 Å². The van der Waals surface area contributed by atoms with Gasteiger partial charge in [-0.1, -0.05) is 18.9 Å². The fourth-order valence-corrected chi connectivity index (χ4v) is 6.32. The predicted molar refractivity (Wildman–Crippen MR) is 97.4 cm³/mol. The molecule has 3 aliphatic rings. The van der Waals surface area contributed by atoms with Crippen molar-refractivity contribution in [2.45, 2.75) is 63.6 Å². The van der Waals surface area contributed by atoms with E-state index >= 15 is 0 Å². The first-order chi connectivity index (χ1) is 12.3. The molecule has 2 fully saturated rings. The number of fused-ring (bicyclic) bond motifs is 5. The number of ether oxygens (including phenoxy) is 1. The molecule has 2 N–H and O–H groups in total. The highest BCUT2D eigenvalue weighted by Crippen LogP contribution is 2.65. The summed E-state index contributed by atoms with van der Waals surface area (Å²) in [6.07, 6.45) is 9.28. The van der Waals surface area contributed by atoms with Crippen molar-refractivity contribution >= 4 is 5.97 Å². The lowest BCUT2D eigenvalue weighted by atomic mass is 9.52. The monoisotopic (exact) mass is 354 g/mol.